The number of hydrogen-bond acceptors (Lipinski definition) is 6. The largest absolute Gasteiger partial charge is 0.507 e. The Balaban J connectivity index is 1.60. The lowest BCUT2D eigenvalue weighted by Gasteiger charge is -2.14. The van der Waals surface area contributed by atoms with Crippen molar-refractivity contribution in [1.29, 1.82) is 0 Å². The van der Waals surface area contributed by atoms with Gasteiger partial charge in [-0.2, -0.15) is 0 Å². The van der Waals surface area contributed by atoms with Crippen molar-refractivity contribution in [3.05, 3.63) is 64.1 Å². The monoisotopic (exact) mass is 442 g/mol. The number of aryl methyl sites for hydroxylation is 1. The summed E-state index contributed by atoms with van der Waals surface area (Å²) >= 11 is 6.47. The quantitative estimate of drug-likeness (QED) is 0.463. The average molecular weight is 443 g/mol. The van der Waals surface area contributed by atoms with Gasteiger partial charge in [0, 0.05) is 24.7 Å². The molecule has 0 aromatic heterocycles. The van der Waals surface area contributed by atoms with E-state index < -0.39 is 17.6 Å². The van der Waals surface area contributed by atoms with Crippen LogP contribution in [0.3, 0.4) is 0 Å². The Morgan fingerprint density at radius 2 is 1.90 bits per heavy atom. The Kier molecular flexibility index (Phi) is 6.53. The summed E-state index contributed by atoms with van der Waals surface area (Å²) < 4.78 is 0.384. The molecule has 3 N–H and O–H groups in total. The van der Waals surface area contributed by atoms with E-state index in [2.05, 4.69) is 5.32 Å². The minimum Gasteiger partial charge on any atom is -0.507 e. The standard InChI is InChI=1S/C21H18N2O5S2/c1-12-2-4-13(5-3-12)10-17-19(26)23(21(29)30-17)9-8-18(25)22-14-6-7-15(20(27)28)16(24)11-14/h2-7,10-11,24H,8-9H2,1H3,(H,22,25)(H,27,28)/b17-10-. The lowest BCUT2D eigenvalue weighted by Crippen LogP contribution is -2.31. The van der Waals surface area contributed by atoms with Crippen molar-refractivity contribution in [3.8, 4) is 5.75 Å². The third kappa shape index (κ3) is 5.05. The molecule has 0 unspecified atom stereocenters. The average Bonchev–Trinajstić information content (AvgIpc) is 2.94. The SMILES string of the molecule is Cc1ccc(/C=C2\SC(=S)N(CCC(=O)Nc3ccc(C(=O)O)c(O)c3)C2=O)cc1. The Morgan fingerprint density at radius 3 is 2.53 bits per heavy atom. The number of nitrogens with zero attached hydrogens (tertiary/aromatic N) is 1. The molecule has 3 rings (SSSR count). The zero-order valence-electron chi connectivity index (χ0n) is 15.9. The molecular formula is C21H18N2O5S2. The number of carboxylic acid groups (broad SMARTS) is 1. The molecule has 30 heavy (non-hydrogen) atoms. The highest BCUT2D eigenvalue weighted by atomic mass is 32.2. The van der Waals surface area contributed by atoms with Crippen molar-refractivity contribution < 1.29 is 24.6 Å². The van der Waals surface area contributed by atoms with E-state index in [0.717, 1.165) is 17.2 Å². The molecule has 1 aliphatic heterocycles. The number of aromatic carboxylic acids is 1. The number of phenols is 1. The first-order valence-corrected chi connectivity index (χ1v) is 10.2. The highest BCUT2D eigenvalue weighted by molar-refractivity contribution is 8.26. The van der Waals surface area contributed by atoms with Crippen LogP contribution in [0.15, 0.2) is 47.4 Å². The molecule has 1 heterocycles. The zero-order chi connectivity index (χ0) is 21.8. The molecule has 0 bridgehead atoms. The van der Waals surface area contributed by atoms with E-state index in [9.17, 15) is 19.5 Å². The minimum absolute atomic E-state index is 0.00824. The van der Waals surface area contributed by atoms with E-state index in [-0.39, 0.29) is 30.1 Å². The number of nitrogens with one attached hydrogen (secondary N) is 1. The van der Waals surface area contributed by atoms with Crippen molar-refractivity contribution in [1.82, 2.24) is 4.90 Å². The second-order valence-corrected chi connectivity index (χ2v) is 8.26. The van der Waals surface area contributed by atoms with Gasteiger partial charge in [-0.3, -0.25) is 14.5 Å². The maximum Gasteiger partial charge on any atom is 0.339 e. The fraction of sp³-hybridized carbons (Fsp3) is 0.143. The fourth-order valence-corrected chi connectivity index (χ4v) is 4.04. The number of thioether (sulfide) groups is 1. The van der Waals surface area contributed by atoms with Gasteiger partial charge in [-0.1, -0.05) is 53.8 Å². The number of carbonyl (C=O) groups excluding carboxylic acids is 2. The van der Waals surface area contributed by atoms with Crippen molar-refractivity contribution in [2.24, 2.45) is 0 Å². The first-order valence-electron chi connectivity index (χ1n) is 8.93. The van der Waals surface area contributed by atoms with Crippen LogP contribution in [0.5, 0.6) is 5.75 Å². The van der Waals surface area contributed by atoms with E-state index in [0.29, 0.717) is 9.23 Å². The second-order valence-electron chi connectivity index (χ2n) is 6.58. The van der Waals surface area contributed by atoms with Crippen LogP contribution >= 0.6 is 24.0 Å². The molecule has 0 aliphatic carbocycles. The van der Waals surface area contributed by atoms with Crippen molar-refractivity contribution >= 4 is 57.8 Å². The van der Waals surface area contributed by atoms with Gasteiger partial charge in [-0.15, -0.1) is 0 Å². The van der Waals surface area contributed by atoms with Gasteiger partial charge in [0.05, 0.1) is 4.91 Å². The number of amides is 2. The summed E-state index contributed by atoms with van der Waals surface area (Å²) in [6, 6.07) is 11.5. The minimum atomic E-state index is -1.27. The second kappa shape index (κ2) is 9.10. The van der Waals surface area contributed by atoms with Crippen LogP contribution < -0.4 is 5.32 Å². The van der Waals surface area contributed by atoms with Crippen LogP contribution in [0.25, 0.3) is 6.08 Å². The maximum absolute atomic E-state index is 12.6. The number of benzene rings is 2. The van der Waals surface area contributed by atoms with Crippen LogP contribution in [0, 0.1) is 6.92 Å². The summed E-state index contributed by atoms with van der Waals surface area (Å²) in [5.41, 5.74) is 2.01. The molecule has 2 amide bonds. The Bertz CT molecular complexity index is 1060. The molecule has 2 aromatic rings. The van der Waals surface area contributed by atoms with Crippen LogP contribution in [0.4, 0.5) is 5.69 Å². The van der Waals surface area contributed by atoms with Gasteiger partial charge in [0.2, 0.25) is 5.91 Å². The predicted molar refractivity (Wildman–Crippen MR) is 119 cm³/mol. The van der Waals surface area contributed by atoms with E-state index in [1.54, 1.807) is 6.08 Å². The number of carboxylic acids is 1. The highest BCUT2D eigenvalue weighted by Gasteiger charge is 2.32. The Hall–Kier alpha value is -3.17. The first kappa shape index (κ1) is 21.5. The molecular weight excluding hydrogens is 424 g/mol. The van der Waals surface area contributed by atoms with Gasteiger partial charge in [-0.05, 0) is 30.7 Å². The van der Waals surface area contributed by atoms with Crippen LogP contribution in [-0.4, -0.2) is 43.8 Å². The van der Waals surface area contributed by atoms with Gasteiger partial charge in [0.1, 0.15) is 15.6 Å². The van der Waals surface area contributed by atoms with Crippen molar-refractivity contribution in [2.75, 3.05) is 11.9 Å². The van der Waals surface area contributed by atoms with Gasteiger partial charge < -0.3 is 15.5 Å². The highest BCUT2D eigenvalue weighted by Crippen LogP contribution is 2.32. The van der Waals surface area contributed by atoms with Crippen LogP contribution in [0.2, 0.25) is 0 Å². The fourth-order valence-electron chi connectivity index (χ4n) is 2.73. The summed E-state index contributed by atoms with van der Waals surface area (Å²) in [7, 11) is 0. The smallest absolute Gasteiger partial charge is 0.339 e. The lowest BCUT2D eigenvalue weighted by atomic mass is 10.1. The maximum atomic E-state index is 12.6. The molecule has 154 valence electrons. The number of aromatic hydroxyl groups is 1. The Labute approximate surface area is 182 Å². The van der Waals surface area contributed by atoms with Gasteiger partial charge in [0.15, 0.2) is 0 Å². The van der Waals surface area contributed by atoms with Gasteiger partial charge in [-0.25, -0.2) is 4.79 Å². The van der Waals surface area contributed by atoms with Crippen LogP contribution in [0.1, 0.15) is 27.9 Å². The molecule has 1 fully saturated rings. The van der Waals surface area contributed by atoms with E-state index >= 15 is 0 Å². The Morgan fingerprint density at radius 1 is 1.20 bits per heavy atom. The normalized spacial score (nSPS) is 15.0. The number of anilines is 1. The van der Waals surface area contributed by atoms with Crippen molar-refractivity contribution in [2.45, 2.75) is 13.3 Å². The van der Waals surface area contributed by atoms with E-state index in [1.165, 1.54) is 28.8 Å². The molecule has 1 saturated heterocycles. The third-order valence-corrected chi connectivity index (χ3v) is 5.70. The third-order valence-electron chi connectivity index (χ3n) is 4.32. The molecule has 0 radical (unpaired) electrons. The molecule has 0 saturated carbocycles. The van der Waals surface area contributed by atoms with Gasteiger partial charge >= 0.3 is 5.97 Å². The van der Waals surface area contributed by atoms with E-state index in [4.69, 9.17) is 17.3 Å². The zero-order valence-corrected chi connectivity index (χ0v) is 17.5. The summed E-state index contributed by atoms with van der Waals surface area (Å²) in [6.45, 7) is 2.09. The topological polar surface area (TPSA) is 107 Å². The number of thiocarbonyl (C=S) groups is 1. The molecule has 7 nitrogen and oxygen atoms in total. The van der Waals surface area contributed by atoms with Gasteiger partial charge in [0.25, 0.3) is 5.91 Å². The summed E-state index contributed by atoms with van der Waals surface area (Å²) in [6.07, 6.45) is 1.76. The summed E-state index contributed by atoms with van der Waals surface area (Å²) in [4.78, 5) is 37.6. The summed E-state index contributed by atoms with van der Waals surface area (Å²) in [5.74, 6) is -2.35. The summed E-state index contributed by atoms with van der Waals surface area (Å²) in [5, 5.41) is 21.2. The van der Waals surface area contributed by atoms with E-state index in [1.807, 2.05) is 31.2 Å². The molecule has 0 spiro atoms. The molecule has 1 aliphatic rings. The molecule has 2 aromatic carbocycles. The predicted octanol–water partition coefficient (Wildman–Crippen LogP) is 3.63. The number of carbonyl (C=O) groups is 3. The lowest BCUT2D eigenvalue weighted by molar-refractivity contribution is -0.122. The number of hydrogen-bond donors (Lipinski definition) is 3. The number of rotatable bonds is 6. The first-order chi connectivity index (χ1) is 14.2. The molecule has 9 heteroatoms. The molecule has 0 atom stereocenters. The van der Waals surface area contributed by atoms with Crippen molar-refractivity contribution in [3.63, 3.8) is 0 Å². The van der Waals surface area contributed by atoms with Crippen LogP contribution in [-0.2, 0) is 9.59 Å².